The van der Waals surface area contributed by atoms with E-state index in [0.717, 1.165) is 19.6 Å². The van der Waals surface area contributed by atoms with Crippen molar-refractivity contribution in [2.24, 2.45) is 0 Å². The number of nitrogens with zero attached hydrogens (tertiary/aromatic N) is 1. The van der Waals surface area contributed by atoms with Crippen molar-refractivity contribution in [3.8, 4) is 11.1 Å². The Morgan fingerprint density at radius 1 is 0.543 bits per heavy atom. The van der Waals surface area contributed by atoms with E-state index in [1.807, 2.05) is 27.7 Å². The van der Waals surface area contributed by atoms with Crippen LogP contribution < -0.4 is 0 Å². The van der Waals surface area contributed by atoms with Crippen LogP contribution in [0.15, 0.2) is 103 Å². The van der Waals surface area contributed by atoms with Crippen molar-refractivity contribution in [1.29, 1.82) is 0 Å². The average Bonchev–Trinajstić information content (AvgIpc) is 3.27. The van der Waals surface area contributed by atoms with Gasteiger partial charge in [0.1, 0.15) is 0 Å². The number of benzene rings is 4. The third kappa shape index (κ3) is 4.70. The van der Waals surface area contributed by atoms with Crippen LogP contribution in [0.25, 0.3) is 11.1 Å². The molecule has 182 valence electrons. The minimum Gasteiger partial charge on any atom is -0.300 e. The van der Waals surface area contributed by atoms with E-state index >= 15 is 0 Å². The Balaban J connectivity index is 0.000000815. The second-order valence-corrected chi connectivity index (χ2v) is 8.33. The Labute approximate surface area is 213 Å². The van der Waals surface area contributed by atoms with Crippen molar-refractivity contribution in [3.05, 3.63) is 131 Å². The Bertz CT molecular complexity index is 1130. The smallest absolute Gasteiger partial charge is 0.0713 e. The van der Waals surface area contributed by atoms with Crippen LogP contribution in [0.3, 0.4) is 0 Å². The number of hydrogen-bond acceptors (Lipinski definition) is 1. The molecular weight excluding hydrogens is 422 g/mol. The molecule has 0 spiro atoms. The monoisotopic (exact) mass is 463 g/mol. The zero-order chi connectivity index (χ0) is 25.3. The molecule has 1 heteroatoms. The molecule has 0 saturated heterocycles. The van der Waals surface area contributed by atoms with Gasteiger partial charge in [-0.2, -0.15) is 0 Å². The Kier molecular flexibility index (Phi) is 9.46. The van der Waals surface area contributed by atoms with Crippen LogP contribution in [0.1, 0.15) is 69.4 Å². The first-order valence-electron chi connectivity index (χ1n) is 13.4. The molecule has 4 aromatic rings. The van der Waals surface area contributed by atoms with Crippen LogP contribution >= 0.6 is 0 Å². The van der Waals surface area contributed by atoms with E-state index < -0.39 is 0 Å². The molecule has 0 heterocycles. The highest BCUT2D eigenvalue weighted by Crippen LogP contribution is 2.56. The van der Waals surface area contributed by atoms with Crippen molar-refractivity contribution in [2.75, 3.05) is 13.1 Å². The molecule has 0 bridgehead atoms. The van der Waals surface area contributed by atoms with Crippen LogP contribution in [-0.2, 0) is 12.0 Å². The molecule has 0 unspecified atom stereocenters. The largest absolute Gasteiger partial charge is 0.300 e. The standard InChI is InChI=1S/C30H29N.2C2H6/c1-3-31(4-2)22-23-14-13-21-28-29(23)26-19-11-12-20-27(26)30(28,24-15-7-5-8-16-24)25-17-9-6-10-18-25;2*1-2/h5-21H,3-4,22H2,1-2H3;2*1-2H3. The second kappa shape index (κ2) is 12.5. The summed E-state index contributed by atoms with van der Waals surface area (Å²) >= 11 is 0. The van der Waals surface area contributed by atoms with Gasteiger partial charge >= 0.3 is 0 Å². The van der Waals surface area contributed by atoms with Gasteiger partial charge in [0.05, 0.1) is 5.41 Å². The van der Waals surface area contributed by atoms with Crippen LogP contribution in [0.4, 0.5) is 0 Å². The summed E-state index contributed by atoms with van der Waals surface area (Å²) in [6, 6.07) is 38.0. The molecular formula is C34H41N. The van der Waals surface area contributed by atoms with Crippen LogP contribution in [-0.4, -0.2) is 18.0 Å². The lowest BCUT2D eigenvalue weighted by molar-refractivity contribution is 0.296. The van der Waals surface area contributed by atoms with Gasteiger partial charge in [0, 0.05) is 6.54 Å². The number of fused-ring (bicyclic) bond motifs is 3. The predicted molar refractivity (Wildman–Crippen MR) is 153 cm³/mol. The first-order valence-corrected chi connectivity index (χ1v) is 13.4. The normalized spacial score (nSPS) is 12.5. The summed E-state index contributed by atoms with van der Waals surface area (Å²) in [6.45, 7) is 15.6. The molecule has 0 aliphatic heterocycles. The summed E-state index contributed by atoms with van der Waals surface area (Å²) in [5.74, 6) is 0. The summed E-state index contributed by atoms with van der Waals surface area (Å²) in [6.07, 6.45) is 0. The van der Waals surface area contributed by atoms with E-state index in [0.29, 0.717) is 0 Å². The molecule has 0 N–H and O–H groups in total. The fourth-order valence-corrected chi connectivity index (χ4v) is 5.39. The molecule has 0 atom stereocenters. The minimum absolute atomic E-state index is 0.298. The third-order valence-electron chi connectivity index (χ3n) is 6.86. The summed E-state index contributed by atoms with van der Waals surface area (Å²) in [7, 11) is 0. The second-order valence-electron chi connectivity index (χ2n) is 8.33. The van der Waals surface area contributed by atoms with Gasteiger partial charge in [0.15, 0.2) is 0 Å². The van der Waals surface area contributed by atoms with Gasteiger partial charge < -0.3 is 0 Å². The summed E-state index contributed by atoms with van der Waals surface area (Å²) < 4.78 is 0. The lowest BCUT2D eigenvalue weighted by Crippen LogP contribution is -2.28. The topological polar surface area (TPSA) is 3.24 Å². The van der Waals surface area contributed by atoms with Gasteiger partial charge in [-0.1, -0.05) is 145 Å². The average molecular weight is 464 g/mol. The Morgan fingerprint density at radius 2 is 1.03 bits per heavy atom. The highest BCUT2D eigenvalue weighted by Gasteiger charge is 2.46. The van der Waals surface area contributed by atoms with Gasteiger partial charge in [0.25, 0.3) is 0 Å². The van der Waals surface area contributed by atoms with E-state index in [2.05, 4.69) is 122 Å². The lowest BCUT2D eigenvalue weighted by Gasteiger charge is -2.34. The van der Waals surface area contributed by atoms with E-state index in [4.69, 9.17) is 0 Å². The van der Waals surface area contributed by atoms with Crippen LogP contribution in [0.2, 0.25) is 0 Å². The fourth-order valence-electron chi connectivity index (χ4n) is 5.39. The molecule has 35 heavy (non-hydrogen) atoms. The van der Waals surface area contributed by atoms with Gasteiger partial charge in [-0.3, -0.25) is 4.90 Å². The summed E-state index contributed by atoms with van der Waals surface area (Å²) in [5, 5.41) is 0. The highest BCUT2D eigenvalue weighted by atomic mass is 15.1. The molecule has 1 nitrogen and oxygen atoms in total. The SMILES string of the molecule is CC.CC.CCN(CC)Cc1cccc2c1-c1ccccc1C2(c1ccccc1)c1ccccc1. The number of hydrogen-bond donors (Lipinski definition) is 0. The summed E-state index contributed by atoms with van der Waals surface area (Å²) in [4.78, 5) is 2.50. The number of rotatable bonds is 6. The van der Waals surface area contributed by atoms with E-state index in [9.17, 15) is 0 Å². The molecule has 0 saturated carbocycles. The van der Waals surface area contributed by atoms with Gasteiger partial charge in [-0.15, -0.1) is 0 Å². The molecule has 5 rings (SSSR count). The van der Waals surface area contributed by atoms with Gasteiger partial charge in [-0.25, -0.2) is 0 Å². The highest BCUT2D eigenvalue weighted by molar-refractivity contribution is 5.88. The minimum atomic E-state index is -0.298. The molecule has 0 aromatic heterocycles. The predicted octanol–water partition coefficient (Wildman–Crippen LogP) is 8.94. The molecule has 1 aliphatic rings. The maximum Gasteiger partial charge on any atom is 0.0713 e. The molecule has 4 aromatic carbocycles. The van der Waals surface area contributed by atoms with Gasteiger partial charge in [0.2, 0.25) is 0 Å². The lowest BCUT2D eigenvalue weighted by atomic mass is 9.67. The molecule has 0 fully saturated rings. The third-order valence-corrected chi connectivity index (χ3v) is 6.86. The van der Waals surface area contributed by atoms with Crippen molar-refractivity contribution < 1.29 is 0 Å². The zero-order valence-corrected chi connectivity index (χ0v) is 22.4. The maximum absolute atomic E-state index is 2.50. The van der Waals surface area contributed by atoms with Gasteiger partial charge in [-0.05, 0) is 52.0 Å². The van der Waals surface area contributed by atoms with E-state index in [1.165, 1.54) is 38.9 Å². The van der Waals surface area contributed by atoms with E-state index in [-0.39, 0.29) is 5.41 Å². The van der Waals surface area contributed by atoms with E-state index in [1.54, 1.807) is 0 Å². The maximum atomic E-state index is 2.50. The summed E-state index contributed by atoms with van der Waals surface area (Å²) in [5.41, 5.74) is 9.34. The van der Waals surface area contributed by atoms with Crippen molar-refractivity contribution in [2.45, 2.75) is 53.5 Å². The zero-order valence-electron chi connectivity index (χ0n) is 22.4. The van der Waals surface area contributed by atoms with Crippen LogP contribution in [0, 0.1) is 0 Å². The van der Waals surface area contributed by atoms with Crippen molar-refractivity contribution in [3.63, 3.8) is 0 Å². The molecule has 1 aliphatic carbocycles. The van der Waals surface area contributed by atoms with Crippen LogP contribution in [0.5, 0.6) is 0 Å². The van der Waals surface area contributed by atoms with Crippen molar-refractivity contribution in [1.82, 2.24) is 4.90 Å². The quantitative estimate of drug-likeness (QED) is 0.243. The first kappa shape index (κ1) is 26.4. The molecule has 0 amide bonds. The van der Waals surface area contributed by atoms with Crippen molar-refractivity contribution >= 4 is 0 Å². The first-order chi connectivity index (χ1) is 17.3. The Morgan fingerprint density at radius 3 is 1.57 bits per heavy atom. The molecule has 0 radical (unpaired) electrons. The fraction of sp³-hybridized carbons (Fsp3) is 0.294. The Hall–Kier alpha value is -3.16.